The zero-order valence-corrected chi connectivity index (χ0v) is 47.6. The van der Waals surface area contributed by atoms with Gasteiger partial charge >= 0.3 is 0 Å². The highest BCUT2D eigenvalue weighted by Gasteiger charge is 2.42. The number of amides is 4. The molecule has 0 spiro atoms. The molecule has 20 heteroatoms. The van der Waals surface area contributed by atoms with Crippen LogP contribution in [0, 0.1) is 33.1 Å². The number of hydrogen-bond acceptors (Lipinski definition) is 14. The summed E-state index contributed by atoms with van der Waals surface area (Å²) in [4.78, 5) is 77.3. The number of aryl methyl sites for hydroxylation is 3. The summed E-state index contributed by atoms with van der Waals surface area (Å²) in [7, 11) is 0. The molecule has 2 aliphatic heterocycles. The van der Waals surface area contributed by atoms with Crippen molar-refractivity contribution in [3.8, 4) is 32.6 Å². The fraction of sp³-hybridized carbons (Fsp3) is 0.379. The van der Waals surface area contributed by atoms with Crippen LogP contribution in [0.1, 0.15) is 122 Å². The summed E-state index contributed by atoms with van der Waals surface area (Å²) in [6.07, 6.45) is 4.40. The van der Waals surface area contributed by atoms with Crippen LogP contribution in [0.3, 0.4) is 0 Å². The Balaban J connectivity index is 0.729. The Kier molecular flexibility index (Phi) is 17.0. The number of ether oxygens (including phenoxy) is 2. The lowest BCUT2D eigenvalue weighted by Crippen LogP contribution is -2.58. The molecule has 17 nitrogen and oxygen atoms in total. The number of carbonyl (C=O) groups excluding carboxylic acids is 4. The number of thiophene rings is 1. The number of benzene rings is 3. The van der Waals surface area contributed by atoms with Crippen molar-refractivity contribution in [1.29, 1.82) is 0 Å². The lowest BCUT2D eigenvalue weighted by molar-refractivity contribution is -0.144. The molecule has 7 aromatic rings. The number of aliphatic imine (C=N–C) groups is 1. The second kappa shape index (κ2) is 23.8. The summed E-state index contributed by atoms with van der Waals surface area (Å²) < 4.78 is 13.5. The molecule has 4 aromatic heterocycles. The van der Waals surface area contributed by atoms with Crippen LogP contribution >= 0.6 is 34.3 Å². The molecule has 6 heterocycles. The third kappa shape index (κ3) is 12.4. The molecule has 3 aromatic carbocycles. The maximum Gasteiger partial charge on any atom is 0.246 e. The molecular formula is C58H64ClN11O6S2. The number of hydrogen-bond donors (Lipinski definition) is 3. The van der Waals surface area contributed by atoms with Crippen molar-refractivity contribution in [3.05, 3.63) is 146 Å². The fourth-order valence-electron chi connectivity index (χ4n) is 9.75. The second-order valence-electron chi connectivity index (χ2n) is 20.8. The number of rotatable bonds is 18. The molecule has 1 saturated heterocycles. The van der Waals surface area contributed by atoms with Crippen molar-refractivity contribution in [1.82, 2.24) is 50.6 Å². The smallest absolute Gasteiger partial charge is 0.246 e. The van der Waals surface area contributed by atoms with Crippen LogP contribution in [0.5, 0.6) is 5.75 Å². The van der Waals surface area contributed by atoms with E-state index in [1.165, 1.54) is 4.88 Å². The van der Waals surface area contributed by atoms with Gasteiger partial charge in [0.15, 0.2) is 17.4 Å². The van der Waals surface area contributed by atoms with E-state index in [0.717, 1.165) is 66.1 Å². The normalized spacial score (nSPS) is 16.3. The Bertz CT molecular complexity index is 3330. The standard InChI is InChI=1S/C58H64ClN11O6S2/c1-32-36(5)78-57-49(32)50(40-20-22-43(59)23-21-40)65-45(54-68-67-37(6)70(54)57)27-47(71)63-33(2)38-14-18-42(19-15-38)53-60-28-44(29-61-53)76-26-25-75-30-48(72)66-52(58(7,8)9)56(74)69-24-10-11-46(69)55(73)64-34(3)39-12-16-41(17-13-39)51-35(4)62-31-77-51/h12-23,28-29,31,33-34,45-46,52H,10-11,24-27,30H2,1-9H3,(H,63,71)(H,64,73)(H,66,72)/t33-,34-,45-,46-,52?/m0/s1. The van der Waals surface area contributed by atoms with Gasteiger partial charge in [-0.15, -0.1) is 32.9 Å². The summed E-state index contributed by atoms with van der Waals surface area (Å²) in [6, 6.07) is 20.6. The van der Waals surface area contributed by atoms with Crippen molar-refractivity contribution in [3.63, 3.8) is 0 Å². The van der Waals surface area contributed by atoms with Crippen molar-refractivity contribution in [2.24, 2.45) is 10.4 Å². The molecule has 4 amide bonds. The molecule has 0 bridgehead atoms. The van der Waals surface area contributed by atoms with Crippen molar-refractivity contribution in [2.45, 2.75) is 112 Å². The van der Waals surface area contributed by atoms with Gasteiger partial charge in [-0.05, 0) is 94.2 Å². The van der Waals surface area contributed by atoms with Gasteiger partial charge in [0.25, 0.3) is 0 Å². The highest BCUT2D eigenvalue weighted by Crippen LogP contribution is 2.40. The first-order valence-corrected chi connectivity index (χ1v) is 28.1. The molecular weight excluding hydrogens is 1050 g/mol. The van der Waals surface area contributed by atoms with Crippen LogP contribution in [0.2, 0.25) is 5.02 Å². The SMILES string of the molecule is Cc1ncsc1-c1ccc([C@H](C)NC(=O)[C@@H]2CCCN2C(=O)C(NC(=O)COCCOc2cnc(-c3ccc([C@H](C)NC(=O)C[C@@H]4N=C(c5ccc(Cl)cc5)c5c(sc(C)c5C)-n5c(C)nnc54)cc3)nc2)C(C)(C)C)cc1. The minimum absolute atomic E-state index is 0.0601. The van der Waals surface area contributed by atoms with E-state index < -0.39 is 29.4 Å². The minimum Gasteiger partial charge on any atom is -0.488 e. The van der Waals surface area contributed by atoms with E-state index in [-0.39, 0.29) is 56.0 Å². The summed E-state index contributed by atoms with van der Waals surface area (Å²) in [6.45, 7) is 17.9. The van der Waals surface area contributed by atoms with E-state index in [1.807, 2.05) is 131 Å². The number of nitrogens with zero attached hydrogens (tertiary/aromatic N) is 8. The minimum atomic E-state index is -0.886. The number of halogens is 1. The number of nitrogens with one attached hydrogen (secondary N) is 3. The van der Waals surface area contributed by atoms with E-state index in [0.29, 0.717) is 41.8 Å². The van der Waals surface area contributed by atoms with Crippen LogP contribution in [-0.4, -0.2) is 102 Å². The van der Waals surface area contributed by atoms with E-state index in [2.05, 4.69) is 54.9 Å². The van der Waals surface area contributed by atoms with E-state index in [1.54, 1.807) is 40.0 Å². The first kappa shape index (κ1) is 55.6. The molecule has 1 unspecified atom stereocenters. The monoisotopic (exact) mass is 1110 g/mol. The van der Waals surface area contributed by atoms with E-state index in [4.69, 9.17) is 26.1 Å². The maximum atomic E-state index is 14.1. The van der Waals surface area contributed by atoms with Crippen LogP contribution in [0.25, 0.3) is 26.8 Å². The first-order valence-electron chi connectivity index (χ1n) is 26.0. The van der Waals surface area contributed by atoms with Gasteiger partial charge in [-0.1, -0.05) is 93.0 Å². The van der Waals surface area contributed by atoms with E-state index in [9.17, 15) is 19.2 Å². The maximum absolute atomic E-state index is 14.1. The second-order valence-corrected chi connectivity index (χ2v) is 23.3. The molecule has 3 N–H and O–H groups in total. The molecule has 0 saturated carbocycles. The third-order valence-corrected chi connectivity index (χ3v) is 16.6. The van der Waals surface area contributed by atoms with Crippen LogP contribution in [-0.2, 0) is 23.9 Å². The highest BCUT2D eigenvalue weighted by molar-refractivity contribution is 7.15. The summed E-state index contributed by atoms with van der Waals surface area (Å²) >= 11 is 9.53. The largest absolute Gasteiger partial charge is 0.488 e. The topological polar surface area (TPSA) is 208 Å². The van der Waals surface area contributed by atoms with Gasteiger partial charge in [0.2, 0.25) is 23.6 Å². The summed E-state index contributed by atoms with van der Waals surface area (Å²) in [5, 5.41) is 19.7. The molecule has 0 radical (unpaired) electrons. The van der Waals surface area contributed by atoms with Gasteiger partial charge in [0, 0.05) is 33.1 Å². The lowest BCUT2D eigenvalue weighted by atomic mass is 9.85. The average Bonchev–Trinajstić information content (AvgIpc) is 4.37. The van der Waals surface area contributed by atoms with Gasteiger partial charge in [0.05, 0.1) is 59.3 Å². The van der Waals surface area contributed by atoms with Gasteiger partial charge in [-0.3, -0.25) is 28.7 Å². The highest BCUT2D eigenvalue weighted by atomic mass is 35.5. The average molecular weight is 1110 g/mol. The number of aromatic nitrogens is 6. The van der Waals surface area contributed by atoms with Gasteiger partial charge in [-0.2, -0.15) is 0 Å². The quantitative estimate of drug-likeness (QED) is 0.0689. The van der Waals surface area contributed by atoms with Crippen molar-refractivity contribution in [2.75, 3.05) is 26.4 Å². The predicted octanol–water partition coefficient (Wildman–Crippen LogP) is 9.75. The molecule has 1 fully saturated rings. The zero-order valence-electron chi connectivity index (χ0n) is 45.2. The first-order chi connectivity index (χ1) is 37.3. The fourth-order valence-corrected chi connectivity index (χ4v) is 11.9. The Morgan fingerprint density at radius 1 is 0.795 bits per heavy atom. The van der Waals surface area contributed by atoms with Crippen molar-refractivity contribution < 1.29 is 28.7 Å². The Morgan fingerprint density at radius 3 is 2.10 bits per heavy atom. The Labute approximate surface area is 467 Å². The molecule has 0 aliphatic carbocycles. The van der Waals surface area contributed by atoms with Gasteiger partial charge in [0.1, 0.15) is 42.2 Å². The zero-order chi connectivity index (χ0) is 55.4. The van der Waals surface area contributed by atoms with Gasteiger partial charge < -0.3 is 30.3 Å². The van der Waals surface area contributed by atoms with E-state index >= 15 is 0 Å². The summed E-state index contributed by atoms with van der Waals surface area (Å²) in [5.41, 5.74) is 9.67. The van der Waals surface area contributed by atoms with Gasteiger partial charge in [-0.25, -0.2) is 15.0 Å². The predicted molar refractivity (Wildman–Crippen MR) is 303 cm³/mol. The number of fused-ring (bicyclic) bond motifs is 3. The molecule has 5 atom stereocenters. The molecule has 9 rings (SSSR count). The molecule has 406 valence electrons. The van der Waals surface area contributed by atoms with Crippen molar-refractivity contribution >= 4 is 63.6 Å². The lowest BCUT2D eigenvalue weighted by Gasteiger charge is -2.35. The Hall–Kier alpha value is -7.19. The Morgan fingerprint density at radius 2 is 1.45 bits per heavy atom. The summed E-state index contributed by atoms with van der Waals surface area (Å²) in [5.74, 6) is 1.07. The number of thiazole rings is 1. The van der Waals surface area contributed by atoms with Crippen LogP contribution in [0.4, 0.5) is 0 Å². The number of likely N-dealkylation sites (tertiary alicyclic amines) is 1. The number of carbonyl (C=O) groups is 4. The molecule has 2 aliphatic rings. The van der Waals surface area contributed by atoms with Crippen LogP contribution in [0.15, 0.2) is 95.7 Å². The van der Waals surface area contributed by atoms with Crippen LogP contribution < -0.4 is 20.7 Å². The molecule has 78 heavy (non-hydrogen) atoms. The third-order valence-electron chi connectivity index (χ3n) is 14.2.